The first-order valence-corrected chi connectivity index (χ1v) is 6.42. The quantitative estimate of drug-likeness (QED) is 0.812. The van der Waals surface area contributed by atoms with Gasteiger partial charge in [-0.15, -0.1) is 0 Å². The third kappa shape index (κ3) is 4.52. The minimum absolute atomic E-state index is 0.00137. The number of hydrogen-bond donors (Lipinski definition) is 1. The highest BCUT2D eigenvalue weighted by Gasteiger charge is 2.27. The molecule has 1 aliphatic rings. The van der Waals surface area contributed by atoms with Crippen LogP contribution in [-0.4, -0.2) is 35.2 Å². The highest BCUT2D eigenvalue weighted by atomic mass is 19.4. The monoisotopic (exact) mass is 291 g/mol. The van der Waals surface area contributed by atoms with Gasteiger partial charge >= 0.3 is 6.18 Å². The minimum Gasteiger partial charge on any atom is -0.381 e. The van der Waals surface area contributed by atoms with Gasteiger partial charge in [0.15, 0.2) is 0 Å². The molecule has 0 saturated heterocycles. The molecule has 0 amide bonds. The SMILES string of the molecule is O=c1cc(NC2CCC2)cnn1CCOCC(F)(F)F. The maximum absolute atomic E-state index is 11.9. The Labute approximate surface area is 113 Å². The van der Waals surface area contributed by atoms with Crippen molar-refractivity contribution < 1.29 is 17.9 Å². The molecular weight excluding hydrogens is 275 g/mol. The van der Waals surface area contributed by atoms with E-state index in [9.17, 15) is 18.0 Å². The molecule has 8 heteroatoms. The Morgan fingerprint density at radius 2 is 2.20 bits per heavy atom. The summed E-state index contributed by atoms with van der Waals surface area (Å²) < 4.78 is 41.1. The van der Waals surface area contributed by atoms with Crippen LogP contribution in [0.25, 0.3) is 0 Å². The fourth-order valence-corrected chi connectivity index (χ4v) is 1.81. The lowest BCUT2D eigenvalue weighted by Gasteiger charge is -2.27. The van der Waals surface area contributed by atoms with E-state index in [1.165, 1.54) is 18.7 Å². The standard InChI is InChI=1S/C12H16F3N3O2/c13-12(14,15)8-20-5-4-18-11(19)6-10(7-16-18)17-9-2-1-3-9/h6-7,9,17H,1-5,8H2. The van der Waals surface area contributed by atoms with Crippen molar-refractivity contribution in [1.29, 1.82) is 0 Å². The van der Waals surface area contributed by atoms with Crippen LogP contribution >= 0.6 is 0 Å². The summed E-state index contributed by atoms with van der Waals surface area (Å²) in [7, 11) is 0. The molecule has 0 unspecified atom stereocenters. The van der Waals surface area contributed by atoms with E-state index in [4.69, 9.17) is 0 Å². The zero-order valence-electron chi connectivity index (χ0n) is 10.8. The number of aromatic nitrogens is 2. The second-order valence-electron chi connectivity index (χ2n) is 4.75. The second kappa shape index (κ2) is 6.25. The molecule has 1 saturated carbocycles. The Morgan fingerprint density at radius 1 is 1.45 bits per heavy atom. The van der Waals surface area contributed by atoms with Gasteiger partial charge in [-0.05, 0) is 19.3 Å². The van der Waals surface area contributed by atoms with Gasteiger partial charge in [0, 0.05) is 12.1 Å². The van der Waals surface area contributed by atoms with Gasteiger partial charge in [0.1, 0.15) is 6.61 Å². The minimum atomic E-state index is -4.35. The number of anilines is 1. The lowest BCUT2D eigenvalue weighted by atomic mass is 9.93. The predicted molar refractivity (Wildman–Crippen MR) is 66.6 cm³/mol. The van der Waals surface area contributed by atoms with Crippen molar-refractivity contribution in [2.24, 2.45) is 0 Å². The molecule has 1 aromatic heterocycles. The van der Waals surface area contributed by atoms with E-state index >= 15 is 0 Å². The molecular formula is C12H16F3N3O2. The van der Waals surface area contributed by atoms with Crippen LogP contribution in [-0.2, 0) is 11.3 Å². The Hall–Kier alpha value is -1.57. The number of ether oxygens (including phenoxy) is 1. The first-order chi connectivity index (χ1) is 9.44. The number of alkyl halides is 3. The van der Waals surface area contributed by atoms with Crippen LogP contribution in [0, 0.1) is 0 Å². The smallest absolute Gasteiger partial charge is 0.381 e. The summed E-state index contributed by atoms with van der Waals surface area (Å²) in [5.41, 5.74) is 0.289. The van der Waals surface area contributed by atoms with Gasteiger partial charge in [-0.25, -0.2) is 4.68 Å². The summed E-state index contributed by atoms with van der Waals surface area (Å²) in [5.74, 6) is 0. The summed E-state index contributed by atoms with van der Waals surface area (Å²) in [4.78, 5) is 11.7. The molecule has 5 nitrogen and oxygen atoms in total. The van der Waals surface area contributed by atoms with Gasteiger partial charge in [0.2, 0.25) is 0 Å². The summed E-state index contributed by atoms with van der Waals surface area (Å²) >= 11 is 0. The topological polar surface area (TPSA) is 56.2 Å². The van der Waals surface area contributed by atoms with Crippen molar-refractivity contribution >= 4 is 5.69 Å². The molecule has 0 spiro atoms. The first-order valence-electron chi connectivity index (χ1n) is 6.42. The maximum atomic E-state index is 11.9. The molecule has 0 radical (unpaired) electrons. The summed E-state index contributed by atoms with van der Waals surface area (Å²) in [6.07, 6.45) is 0.486. The number of nitrogens with zero attached hydrogens (tertiary/aromatic N) is 2. The molecule has 1 aromatic rings. The van der Waals surface area contributed by atoms with Crippen molar-refractivity contribution in [2.45, 2.75) is 38.0 Å². The average molecular weight is 291 g/mol. The molecule has 2 rings (SSSR count). The van der Waals surface area contributed by atoms with Crippen LogP contribution in [0.1, 0.15) is 19.3 Å². The van der Waals surface area contributed by atoms with Gasteiger partial charge in [0.05, 0.1) is 25.0 Å². The summed E-state index contributed by atoms with van der Waals surface area (Å²) in [6, 6.07) is 1.79. The van der Waals surface area contributed by atoms with Gasteiger partial charge in [-0.3, -0.25) is 4.79 Å². The predicted octanol–water partition coefficient (Wildman–Crippen LogP) is 1.79. The average Bonchev–Trinajstić information content (AvgIpc) is 2.30. The lowest BCUT2D eigenvalue weighted by Crippen LogP contribution is -2.30. The van der Waals surface area contributed by atoms with E-state index in [2.05, 4.69) is 15.2 Å². The number of halogens is 3. The fourth-order valence-electron chi connectivity index (χ4n) is 1.81. The molecule has 0 aromatic carbocycles. The van der Waals surface area contributed by atoms with E-state index in [0.29, 0.717) is 11.7 Å². The van der Waals surface area contributed by atoms with Crippen LogP contribution in [0.15, 0.2) is 17.1 Å². The maximum Gasteiger partial charge on any atom is 0.411 e. The molecule has 112 valence electrons. The van der Waals surface area contributed by atoms with Crippen molar-refractivity contribution in [3.63, 3.8) is 0 Å². The molecule has 1 aliphatic carbocycles. The highest BCUT2D eigenvalue weighted by Crippen LogP contribution is 2.22. The third-order valence-corrected chi connectivity index (χ3v) is 3.06. The largest absolute Gasteiger partial charge is 0.411 e. The first kappa shape index (κ1) is 14.8. The van der Waals surface area contributed by atoms with E-state index in [-0.39, 0.29) is 18.7 Å². The third-order valence-electron chi connectivity index (χ3n) is 3.06. The van der Waals surface area contributed by atoms with E-state index in [1.807, 2.05) is 0 Å². The van der Waals surface area contributed by atoms with E-state index < -0.39 is 12.8 Å². The number of hydrogen-bond acceptors (Lipinski definition) is 4. The Morgan fingerprint density at radius 3 is 2.75 bits per heavy atom. The molecule has 20 heavy (non-hydrogen) atoms. The number of rotatable bonds is 6. The molecule has 0 atom stereocenters. The zero-order chi connectivity index (χ0) is 14.6. The van der Waals surface area contributed by atoms with Gasteiger partial charge in [0.25, 0.3) is 5.56 Å². The van der Waals surface area contributed by atoms with Crippen molar-refractivity contribution in [3.8, 4) is 0 Å². The summed E-state index contributed by atoms with van der Waals surface area (Å²) in [6.45, 7) is -1.52. The van der Waals surface area contributed by atoms with Crippen molar-refractivity contribution in [2.75, 3.05) is 18.5 Å². The van der Waals surface area contributed by atoms with Crippen LogP contribution in [0.5, 0.6) is 0 Å². The molecule has 0 bridgehead atoms. The Kier molecular flexibility index (Phi) is 4.64. The molecule has 1 heterocycles. The van der Waals surface area contributed by atoms with E-state index in [1.54, 1.807) is 0 Å². The highest BCUT2D eigenvalue weighted by molar-refractivity contribution is 5.40. The van der Waals surface area contributed by atoms with Crippen LogP contribution in [0.3, 0.4) is 0 Å². The van der Waals surface area contributed by atoms with E-state index in [0.717, 1.165) is 17.5 Å². The fraction of sp³-hybridized carbons (Fsp3) is 0.667. The Balaban J connectivity index is 1.81. The van der Waals surface area contributed by atoms with Crippen LogP contribution < -0.4 is 10.9 Å². The van der Waals surface area contributed by atoms with Crippen molar-refractivity contribution in [1.82, 2.24) is 9.78 Å². The second-order valence-corrected chi connectivity index (χ2v) is 4.75. The summed E-state index contributed by atoms with van der Waals surface area (Å²) in [5, 5.41) is 7.08. The lowest BCUT2D eigenvalue weighted by molar-refractivity contribution is -0.174. The number of nitrogens with one attached hydrogen (secondary N) is 1. The normalized spacial score (nSPS) is 15.9. The molecule has 1 N–H and O–H groups in total. The molecule has 0 aliphatic heterocycles. The molecule has 1 fully saturated rings. The Bertz CT molecular complexity index is 497. The zero-order valence-corrected chi connectivity index (χ0v) is 10.8. The van der Waals surface area contributed by atoms with Gasteiger partial charge in [-0.2, -0.15) is 18.3 Å². The van der Waals surface area contributed by atoms with Gasteiger partial charge < -0.3 is 10.1 Å². The van der Waals surface area contributed by atoms with Crippen LogP contribution in [0.4, 0.5) is 18.9 Å². The van der Waals surface area contributed by atoms with Crippen molar-refractivity contribution in [3.05, 3.63) is 22.6 Å². The van der Waals surface area contributed by atoms with Crippen LogP contribution in [0.2, 0.25) is 0 Å². The van der Waals surface area contributed by atoms with Gasteiger partial charge in [-0.1, -0.05) is 0 Å².